The molecule has 11 heteroatoms. The third-order valence-corrected chi connectivity index (χ3v) is 10.0. The van der Waals surface area contributed by atoms with Gasteiger partial charge in [0.1, 0.15) is 18.4 Å². The first-order chi connectivity index (χ1) is 20.0. The van der Waals surface area contributed by atoms with E-state index in [1.165, 1.54) is 29.2 Å². The Labute approximate surface area is 256 Å². The number of hydrogen-bond donors (Lipinski definition) is 1. The lowest BCUT2D eigenvalue weighted by Gasteiger charge is -2.33. The zero-order chi connectivity index (χ0) is 30.4. The SMILES string of the molecule is Cc1ccc(S(=O)(=O)N(CC(=O)N(Cc2c(Cl)cccc2Cl)[C@H](C)C(=O)NC2CCCCC2)c2ccc(F)cc2)cc1. The second-order valence-corrected chi connectivity index (χ2v) is 13.2. The van der Waals surface area contributed by atoms with E-state index in [0.717, 1.165) is 54.1 Å². The molecule has 1 aliphatic rings. The number of amides is 2. The molecule has 2 amide bonds. The lowest BCUT2D eigenvalue weighted by atomic mass is 9.95. The van der Waals surface area contributed by atoms with Crippen molar-refractivity contribution in [3.63, 3.8) is 0 Å². The maximum absolute atomic E-state index is 14.1. The molecule has 4 rings (SSSR count). The Bertz CT molecular complexity index is 1490. The number of sulfonamides is 1. The molecule has 7 nitrogen and oxygen atoms in total. The molecule has 0 heterocycles. The first-order valence-corrected chi connectivity index (χ1v) is 16.0. The molecule has 0 unspecified atom stereocenters. The molecule has 3 aromatic carbocycles. The zero-order valence-corrected chi connectivity index (χ0v) is 25.9. The Morgan fingerprint density at radius 3 is 2.14 bits per heavy atom. The molecular weight excluding hydrogens is 600 g/mol. The molecule has 0 aromatic heterocycles. The van der Waals surface area contributed by atoms with E-state index in [2.05, 4.69) is 5.32 Å². The van der Waals surface area contributed by atoms with E-state index in [4.69, 9.17) is 23.2 Å². The number of benzene rings is 3. The molecule has 3 aromatic rings. The molecule has 42 heavy (non-hydrogen) atoms. The van der Waals surface area contributed by atoms with Crippen molar-refractivity contribution in [3.05, 3.63) is 93.7 Å². The number of rotatable bonds is 10. The van der Waals surface area contributed by atoms with Gasteiger partial charge in [-0.25, -0.2) is 12.8 Å². The summed E-state index contributed by atoms with van der Waals surface area (Å²) < 4.78 is 42.4. The van der Waals surface area contributed by atoms with Gasteiger partial charge < -0.3 is 10.2 Å². The minimum absolute atomic E-state index is 0.00665. The molecular formula is C31H34Cl2FN3O4S. The predicted octanol–water partition coefficient (Wildman–Crippen LogP) is 6.50. The number of carbonyl (C=O) groups excluding carboxylic acids is 2. The van der Waals surface area contributed by atoms with E-state index in [1.807, 2.05) is 6.92 Å². The van der Waals surface area contributed by atoms with Crippen molar-refractivity contribution in [2.24, 2.45) is 0 Å². The van der Waals surface area contributed by atoms with Gasteiger partial charge >= 0.3 is 0 Å². The van der Waals surface area contributed by atoms with Crippen LogP contribution < -0.4 is 9.62 Å². The van der Waals surface area contributed by atoms with Gasteiger partial charge in [0.25, 0.3) is 10.0 Å². The van der Waals surface area contributed by atoms with Gasteiger partial charge in [0.2, 0.25) is 11.8 Å². The summed E-state index contributed by atoms with van der Waals surface area (Å²) in [5.41, 5.74) is 1.39. The predicted molar refractivity (Wildman–Crippen MR) is 164 cm³/mol. The highest BCUT2D eigenvalue weighted by Gasteiger charge is 2.34. The van der Waals surface area contributed by atoms with Gasteiger partial charge in [-0.05, 0) is 75.2 Å². The molecule has 1 fully saturated rings. The lowest BCUT2D eigenvalue weighted by molar-refractivity contribution is -0.139. The molecule has 1 aliphatic carbocycles. The third-order valence-electron chi connectivity index (χ3n) is 7.51. The minimum atomic E-state index is -4.26. The van der Waals surface area contributed by atoms with Crippen LogP contribution in [0.15, 0.2) is 71.6 Å². The van der Waals surface area contributed by atoms with E-state index in [-0.39, 0.29) is 29.1 Å². The monoisotopic (exact) mass is 633 g/mol. The average Bonchev–Trinajstić information content (AvgIpc) is 2.96. The number of anilines is 1. The van der Waals surface area contributed by atoms with Crippen LogP contribution in [0.5, 0.6) is 0 Å². The fraction of sp³-hybridized carbons (Fsp3) is 0.355. The quantitative estimate of drug-likeness (QED) is 0.276. The molecule has 0 aliphatic heterocycles. The van der Waals surface area contributed by atoms with Crippen LogP contribution in [0.3, 0.4) is 0 Å². The van der Waals surface area contributed by atoms with Crippen molar-refractivity contribution in [1.82, 2.24) is 10.2 Å². The molecule has 0 spiro atoms. The van der Waals surface area contributed by atoms with Gasteiger partial charge in [-0.1, -0.05) is 66.2 Å². The molecule has 0 bridgehead atoms. The fourth-order valence-electron chi connectivity index (χ4n) is 4.98. The van der Waals surface area contributed by atoms with Crippen LogP contribution in [0.1, 0.15) is 50.2 Å². The van der Waals surface area contributed by atoms with E-state index in [9.17, 15) is 22.4 Å². The smallest absolute Gasteiger partial charge is 0.264 e. The van der Waals surface area contributed by atoms with Crippen molar-refractivity contribution in [1.29, 1.82) is 0 Å². The normalized spacial score (nSPS) is 14.7. The number of aryl methyl sites for hydroxylation is 1. The number of carbonyl (C=O) groups is 2. The van der Waals surface area contributed by atoms with Gasteiger partial charge in [0.15, 0.2) is 0 Å². The van der Waals surface area contributed by atoms with Crippen LogP contribution in [0.2, 0.25) is 10.0 Å². The number of halogens is 3. The summed E-state index contributed by atoms with van der Waals surface area (Å²) in [6.07, 6.45) is 4.86. The highest BCUT2D eigenvalue weighted by molar-refractivity contribution is 7.92. The first-order valence-electron chi connectivity index (χ1n) is 13.8. The van der Waals surface area contributed by atoms with Crippen LogP contribution in [0.4, 0.5) is 10.1 Å². The highest BCUT2D eigenvalue weighted by Crippen LogP contribution is 2.29. The summed E-state index contributed by atoms with van der Waals surface area (Å²) in [7, 11) is -4.26. The molecule has 0 radical (unpaired) electrons. The van der Waals surface area contributed by atoms with E-state index < -0.39 is 34.3 Å². The van der Waals surface area contributed by atoms with Gasteiger partial charge in [-0.2, -0.15) is 0 Å². The van der Waals surface area contributed by atoms with E-state index >= 15 is 0 Å². The topological polar surface area (TPSA) is 86.8 Å². The van der Waals surface area contributed by atoms with Crippen molar-refractivity contribution in [3.8, 4) is 0 Å². The Kier molecular flexibility index (Phi) is 10.5. The van der Waals surface area contributed by atoms with E-state index in [1.54, 1.807) is 37.3 Å². The van der Waals surface area contributed by atoms with Gasteiger partial charge in [0, 0.05) is 28.2 Å². The van der Waals surface area contributed by atoms with Crippen molar-refractivity contribution in [2.45, 2.75) is 69.5 Å². The minimum Gasteiger partial charge on any atom is -0.352 e. The maximum atomic E-state index is 14.1. The first kappa shape index (κ1) is 31.8. The summed E-state index contributed by atoms with van der Waals surface area (Å²) in [4.78, 5) is 28.7. The average molecular weight is 635 g/mol. The van der Waals surface area contributed by atoms with Crippen molar-refractivity contribution >= 4 is 50.7 Å². The van der Waals surface area contributed by atoms with Crippen molar-refractivity contribution < 1.29 is 22.4 Å². The highest BCUT2D eigenvalue weighted by atomic mass is 35.5. The third kappa shape index (κ3) is 7.62. The standard InChI is InChI=1S/C31H34Cl2FN3O4S/c1-21-11-17-26(18-12-21)42(40,41)37(25-15-13-23(34)14-16-25)20-30(38)36(19-27-28(32)9-6-10-29(27)33)22(2)31(39)35-24-7-4-3-5-8-24/h6,9-18,22,24H,3-5,7-8,19-20H2,1-2H3,(H,35,39)/t22-/m1/s1. The molecule has 1 N–H and O–H groups in total. The number of nitrogens with one attached hydrogen (secondary N) is 1. The van der Waals surface area contributed by atoms with Gasteiger partial charge in [0.05, 0.1) is 10.6 Å². The second-order valence-electron chi connectivity index (χ2n) is 10.5. The van der Waals surface area contributed by atoms with Gasteiger partial charge in [-0.3, -0.25) is 13.9 Å². The van der Waals surface area contributed by atoms with Crippen LogP contribution in [0, 0.1) is 12.7 Å². The van der Waals surface area contributed by atoms with Gasteiger partial charge in [-0.15, -0.1) is 0 Å². The number of nitrogens with zero attached hydrogens (tertiary/aromatic N) is 2. The maximum Gasteiger partial charge on any atom is 0.264 e. The summed E-state index contributed by atoms with van der Waals surface area (Å²) in [6.45, 7) is 2.65. The van der Waals surface area contributed by atoms with Crippen LogP contribution in [-0.2, 0) is 26.2 Å². The number of hydrogen-bond acceptors (Lipinski definition) is 4. The van der Waals surface area contributed by atoms with E-state index in [0.29, 0.717) is 15.6 Å². The second kappa shape index (κ2) is 13.9. The molecule has 224 valence electrons. The molecule has 0 saturated heterocycles. The summed E-state index contributed by atoms with van der Waals surface area (Å²) in [5.74, 6) is -1.56. The largest absolute Gasteiger partial charge is 0.352 e. The summed E-state index contributed by atoms with van der Waals surface area (Å²) >= 11 is 12.9. The van der Waals surface area contributed by atoms with Crippen molar-refractivity contribution in [2.75, 3.05) is 10.8 Å². The Hall–Kier alpha value is -3.14. The van der Waals surface area contributed by atoms with Crippen LogP contribution in [0.25, 0.3) is 0 Å². The Morgan fingerprint density at radius 2 is 1.55 bits per heavy atom. The molecule has 1 atom stereocenters. The van der Waals surface area contributed by atoms with Crippen LogP contribution >= 0.6 is 23.2 Å². The summed E-state index contributed by atoms with van der Waals surface area (Å²) in [6, 6.07) is 15.0. The lowest BCUT2D eigenvalue weighted by Crippen LogP contribution is -2.53. The Morgan fingerprint density at radius 1 is 0.952 bits per heavy atom. The Balaban J connectivity index is 1.70. The zero-order valence-electron chi connectivity index (χ0n) is 23.5. The molecule has 1 saturated carbocycles. The fourth-order valence-corrected chi connectivity index (χ4v) is 6.91. The van der Waals surface area contributed by atoms with Crippen LogP contribution in [-0.4, -0.2) is 43.8 Å². The summed E-state index contributed by atoms with van der Waals surface area (Å²) in [5, 5.41) is 3.67.